The van der Waals surface area contributed by atoms with Crippen LogP contribution in [0, 0.1) is 0 Å². The molecule has 1 amide bonds. The van der Waals surface area contributed by atoms with E-state index >= 15 is 0 Å². The Morgan fingerprint density at radius 2 is 2.03 bits per heavy atom. The maximum Gasteiger partial charge on any atom is 0.263 e. The molecule has 1 aromatic carbocycles. The molecule has 0 saturated heterocycles. The van der Waals surface area contributed by atoms with Gasteiger partial charge in [0.05, 0.1) is 19.6 Å². The van der Waals surface area contributed by atoms with Gasteiger partial charge in [-0.1, -0.05) is 6.07 Å². The number of fused-ring (bicyclic) bond motifs is 3. The van der Waals surface area contributed by atoms with Crippen molar-refractivity contribution in [3.8, 4) is 11.5 Å². The number of hydrogen-bond donors (Lipinski definition) is 1. The second kappa shape index (κ2) is 7.51. The van der Waals surface area contributed by atoms with Crippen LogP contribution >= 0.6 is 11.3 Å². The van der Waals surface area contributed by atoms with Gasteiger partial charge in [0.15, 0.2) is 11.5 Å². The van der Waals surface area contributed by atoms with Crippen LogP contribution in [0.4, 0.5) is 0 Å². The fraction of sp³-hybridized carbons (Fsp3) is 0.381. The van der Waals surface area contributed by atoms with Crippen LogP contribution in [0.2, 0.25) is 0 Å². The molecule has 1 aliphatic carbocycles. The number of thiophene rings is 1. The van der Waals surface area contributed by atoms with Gasteiger partial charge >= 0.3 is 0 Å². The highest BCUT2D eigenvalue weighted by Crippen LogP contribution is 2.35. The highest BCUT2D eigenvalue weighted by Gasteiger charge is 2.26. The Labute approximate surface area is 172 Å². The van der Waals surface area contributed by atoms with E-state index in [4.69, 9.17) is 20.2 Å². The number of carbonyl (C=O) groups is 1. The number of aryl methyl sites for hydroxylation is 2. The summed E-state index contributed by atoms with van der Waals surface area (Å²) in [7, 11) is 3.15. The zero-order valence-electron chi connectivity index (χ0n) is 16.7. The lowest BCUT2D eigenvalue weighted by Crippen LogP contribution is -2.35. The molecule has 1 aliphatic rings. The number of rotatable bonds is 6. The van der Waals surface area contributed by atoms with Crippen molar-refractivity contribution in [2.75, 3.05) is 14.2 Å². The lowest BCUT2D eigenvalue weighted by molar-refractivity contribution is -0.120. The Morgan fingerprint density at radius 3 is 2.72 bits per heavy atom. The third kappa shape index (κ3) is 3.27. The van der Waals surface area contributed by atoms with Crippen molar-refractivity contribution in [3.05, 3.63) is 50.4 Å². The predicted molar refractivity (Wildman–Crippen MR) is 112 cm³/mol. The molecular formula is C21H23N3O4S. The summed E-state index contributed by atoms with van der Waals surface area (Å²) in [6.07, 6.45) is 3.28. The minimum Gasteiger partial charge on any atom is -0.493 e. The lowest BCUT2D eigenvalue weighted by Gasteiger charge is -2.17. The van der Waals surface area contributed by atoms with Gasteiger partial charge < -0.3 is 15.2 Å². The van der Waals surface area contributed by atoms with Crippen LogP contribution in [-0.2, 0) is 24.1 Å². The molecular weight excluding hydrogens is 390 g/mol. The summed E-state index contributed by atoms with van der Waals surface area (Å²) in [6, 6.07) is 4.77. The standard InChI is InChI=1S/C21H23N3O4S/c1-11(19(22)25)24-17(10-12-7-8-14(27-2)15(9-12)28-3)23-20-18(21(24)26)13-5-4-6-16(13)29-20/h7-9,11H,4-6,10H2,1-3H3,(H2,22,25). The van der Waals surface area contributed by atoms with Crippen molar-refractivity contribution in [1.29, 1.82) is 0 Å². The van der Waals surface area contributed by atoms with Crippen LogP contribution < -0.4 is 20.8 Å². The van der Waals surface area contributed by atoms with Crippen LogP contribution in [0.15, 0.2) is 23.0 Å². The van der Waals surface area contributed by atoms with Crippen molar-refractivity contribution in [2.45, 2.75) is 38.6 Å². The van der Waals surface area contributed by atoms with Gasteiger partial charge in [-0.2, -0.15) is 0 Å². The molecule has 0 spiro atoms. The normalized spacial score (nSPS) is 14.0. The van der Waals surface area contributed by atoms with Crippen LogP contribution in [0.3, 0.4) is 0 Å². The van der Waals surface area contributed by atoms with E-state index in [0.29, 0.717) is 29.1 Å². The number of ether oxygens (including phenoxy) is 2. The van der Waals surface area contributed by atoms with Gasteiger partial charge in [-0.3, -0.25) is 14.2 Å². The molecule has 0 saturated carbocycles. The third-order valence-electron chi connectivity index (χ3n) is 5.45. The molecule has 2 N–H and O–H groups in total. The molecule has 152 valence electrons. The maximum absolute atomic E-state index is 13.4. The predicted octanol–water partition coefficient (Wildman–Crippen LogP) is 2.60. The number of hydrogen-bond acceptors (Lipinski definition) is 6. The Balaban J connectivity index is 1.88. The van der Waals surface area contributed by atoms with Gasteiger partial charge in [-0.05, 0) is 49.4 Å². The molecule has 1 unspecified atom stereocenters. The molecule has 0 aliphatic heterocycles. The molecule has 2 aromatic heterocycles. The molecule has 7 nitrogen and oxygen atoms in total. The molecule has 4 rings (SSSR count). The van der Waals surface area contributed by atoms with E-state index in [1.54, 1.807) is 32.5 Å². The quantitative estimate of drug-likeness (QED) is 0.670. The Hall–Kier alpha value is -2.87. The summed E-state index contributed by atoms with van der Waals surface area (Å²) < 4.78 is 12.1. The minimum absolute atomic E-state index is 0.184. The molecule has 8 heteroatoms. The van der Waals surface area contributed by atoms with Gasteiger partial charge in [0, 0.05) is 11.3 Å². The number of nitrogens with zero attached hydrogens (tertiary/aromatic N) is 2. The van der Waals surface area contributed by atoms with Gasteiger partial charge in [0.2, 0.25) is 5.91 Å². The molecule has 29 heavy (non-hydrogen) atoms. The second-order valence-electron chi connectivity index (χ2n) is 7.19. The number of benzene rings is 1. The van der Waals surface area contributed by atoms with Crippen LogP contribution in [-0.4, -0.2) is 29.7 Å². The van der Waals surface area contributed by atoms with E-state index in [2.05, 4.69) is 0 Å². The zero-order valence-corrected chi connectivity index (χ0v) is 17.5. The fourth-order valence-electron chi connectivity index (χ4n) is 3.92. The summed E-state index contributed by atoms with van der Waals surface area (Å²) in [5.41, 5.74) is 7.35. The van der Waals surface area contributed by atoms with Gasteiger partial charge in [0.1, 0.15) is 16.7 Å². The monoisotopic (exact) mass is 413 g/mol. The van der Waals surface area contributed by atoms with Gasteiger partial charge in [-0.25, -0.2) is 4.98 Å². The summed E-state index contributed by atoms with van der Waals surface area (Å²) in [5.74, 6) is 1.17. The first-order chi connectivity index (χ1) is 13.9. The van der Waals surface area contributed by atoms with E-state index < -0.39 is 11.9 Å². The first-order valence-corrected chi connectivity index (χ1v) is 10.3. The van der Waals surface area contributed by atoms with Crippen LogP contribution in [0.25, 0.3) is 10.2 Å². The van der Waals surface area contributed by atoms with E-state index in [-0.39, 0.29) is 5.56 Å². The van der Waals surface area contributed by atoms with Crippen molar-refractivity contribution < 1.29 is 14.3 Å². The second-order valence-corrected chi connectivity index (χ2v) is 8.27. The first-order valence-electron chi connectivity index (χ1n) is 9.50. The molecule has 1 atom stereocenters. The van der Waals surface area contributed by atoms with Crippen LogP contribution in [0.1, 0.15) is 41.2 Å². The Kier molecular flexibility index (Phi) is 5.04. The zero-order chi connectivity index (χ0) is 20.7. The number of methoxy groups -OCH3 is 2. The van der Waals surface area contributed by atoms with E-state index in [1.165, 1.54) is 9.44 Å². The topological polar surface area (TPSA) is 96.4 Å². The molecule has 0 fully saturated rings. The van der Waals surface area contributed by atoms with Gasteiger partial charge in [0.25, 0.3) is 5.56 Å². The summed E-state index contributed by atoms with van der Waals surface area (Å²) in [6.45, 7) is 1.64. The maximum atomic E-state index is 13.4. The molecule has 0 bridgehead atoms. The summed E-state index contributed by atoms with van der Waals surface area (Å²) >= 11 is 1.58. The van der Waals surface area contributed by atoms with Gasteiger partial charge in [-0.15, -0.1) is 11.3 Å². The SMILES string of the molecule is COc1ccc(Cc2nc3sc4c(c3c(=O)n2C(C)C(N)=O)CCC4)cc1OC. The number of primary amides is 1. The van der Waals surface area contributed by atoms with Crippen molar-refractivity contribution >= 4 is 27.5 Å². The van der Waals surface area contributed by atoms with E-state index in [9.17, 15) is 9.59 Å². The molecule has 2 heterocycles. The van der Waals surface area contributed by atoms with Crippen LogP contribution in [0.5, 0.6) is 11.5 Å². The fourth-order valence-corrected chi connectivity index (χ4v) is 5.19. The molecule has 3 aromatic rings. The third-order valence-corrected chi connectivity index (χ3v) is 6.64. The highest BCUT2D eigenvalue weighted by molar-refractivity contribution is 7.18. The number of nitrogens with two attached hydrogens (primary N) is 1. The summed E-state index contributed by atoms with van der Waals surface area (Å²) in [4.78, 5) is 32.1. The Bertz CT molecular complexity index is 1160. The van der Waals surface area contributed by atoms with E-state index in [0.717, 1.165) is 35.2 Å². The minimum atomic E-state index is -0.786. The smallest absolute Gasteiger partial charge is 0.263 e. The van der Waals surface area contributed by atoms with E-state index in [1.807, 2.05) is 18.2 Å². The average molecular weight is 413 g/mol. The molecule has 0 radical (unpaired) electrons. The number of carbonyl (C=O) groups excluding carboxylic acids is 1. The summed E-state index contributed by atoms with van der Waals surface area (Å²) in [5, 5.41) is 0.645. The lowest BCUT2D eigenvalue weighted by atomic mass is 10.1. The first kappa shape index (κ1) is 19.4. The van der Waals surface area contributed by atoms with Crippen molar-refractivity contribution in [3.63, 3.8) is 0 Å². The number of aromatic nitrogens is 2. The largest absolute Gasteiger partial charge is 0.493 e. The average Bonchev–Trinajstić information content (AvgIpc) is 3.28. The van der Waals surface area contributed by atoms with Crippen molar-refractivity contribution in [1.82, 2.24) is 9.55 Å². The highest BCUT2D eigenvalue weighted by atomic mass is 32.1. The Morgan fingerprint density at radius 1 is 1.28 bits per heavy atom. The van der Waals surface area contributed by atoms with Crippen molar-refractivity contribution in [2.24, 2.45) is 5.73 Å². The number of amides is 1.